The van der Waals surface area contributed by atoms with Gasteiger partial charge in [-0.3, -0.25) is 4.79 Å². The molecule has 0 fully saturated rings. The van der Waals surface area contributed by atoms with Crippen LogP contribution in [0.5, 0.6) is 11.5 Å². The maximum Gasteiger partial charge on any atom is 0.232 e. The number of ether oxygens (including phenoxy) is 2. The molecular formula is C31H37ClN2O3. The van der Waals surface area contributed by atoms with Crippen molar-refractivity contribution in [1.29, 1.82) is 0 Å². The molecule has 1 aliphatic rings. The van der Waals surface area contributed by atoms with Crippen LogP contribution in [0, 0.1) is 0 Å². The lowest BCUT2D eigenvalue weighted by molar-refractivity contribution is -0.118. The Hall–Kier alpha value is -3.18. The molecule has 0 bridgehead atoms. The van der Waals surface area contributed by atoms with Crippen LogP contribution in [-0.4, -0.2) is 32.2 Å². The van der Waals surface area contributed by atoms with Gasteiger partial charge in [-0.2, -0.15) is 0 Å². The lowest BCUT2D eigenvalue weighted by Gasteiger charge is -2.38. The number of carbonyl (C=O) groups excluding carboxylic acids is 1. The maximum absolute atomic E-state index is 13.7. The standard InChI is InChI=1S/C31H37ClN2O3/c1-7-20(3)33(5)25-13-15-26(16-14-25)34-30(35)18-23-17-28(36-6)29(37-21(4)8-2)19-27(23)31(34)22-9-11-24(32)12-10-22/h9-17,19-21,31H,7-8,18H2,1-6H3. The SMILES string of the molecule is CCC(C)Oc1cc2c(cc1OC)CC(=O)N(c1ccc(N(C)C(C)CC)cc1)C2c1ccc(Cl)cc1. The van der Waals surface area contributed by atoms with Crippen molar-refractivity contribution in [3.8, 4) is 11.5 Å². The molecule has 0 N–H and O–H groups in total. The Morgan fingerprint density at radius 1 is 1.00 bits per heavy atom. The normalized spacial score (nSPS) is 16.7. The summed E-state index contributed by atoms with van der Waals surface area (Å²) in [5.74, 6) is 1.37. The number of rotatable bonds is 9. The third kappa shape index (κ3) is 5.57. The molecule has 3 unspecified atom stereocenters. The molecule has 37 heavy (non-hydrogen) atoms. The fourth-order valence-electron chi connectivity index (χ4n) is 4.75. The van der Waals surface area contributed by atoms with Gasteiger partial charge >= 0.3 is 0 Å². The highest BCUT2D eigenvalue weighted by molar-refractivity contribution is 6.30. The molecule has 0 spiro atoms. The van der Waals surface area contributed by atoms with E-state index in [0.29, 0.717) is 22.6 Å². The Morgan fingerprint density at radius 2 is 1.68 bits per heavy atom. The zero-order valence-corrected chi connectivity index (χ0v) is 23.4. The van der Waals surface area contributed by atoms with Gasteiger partial charge in [0.1, 0.15) is 0 Å². The van der Waals surface area contributed by atoms with Crippen LogP contribution in [0.4, 0.5) is 11.4 Å². The van der Waals surface area contributed by atoms with Crippen LogP contribution >= 0.6 is 11.6 Å². The number of hydrogen-bond donors (Lipinski definition) is 0. The van der Waals surface area contributed by atoms with Gasteiger partial charge in [-0.05, 0) is 91.9 Å². The van der Waals surface area contributed by atoms with E-state index < -0.39 is 0 Å². The molecule has 0 saturated heterocycles. The molecule has 1 aliphatic heterocycles. The highest BCUT2D eigenvalue weighted by Gasteiger charge is 2.36. The number of hydrogen-bond acceptors (Lipinski definition) is 4. The summed E-state index contributed by atoms with van der Waals surface area (Å²) in [5.41, 5.74) is 4.95. The van der Waals surface area contributed by atoms with Crippen LogP contribution in [0.2, 0.25) is 5.02 Å². The summed E-state index contributed by atoms with van der Waals surface area (Å²) in [4.78, 5) is 17.9. The van der Waals surface area contributed by atoms with Gasteiger partial charge in [0.15, 0.2) is 11.5 Å². The second-order valence-corrected chi connectivity index (χ2v) is 10.3. The Kier molecular flexibility index (Phi) is 8.33. The van der Waals surface area contributed by atoms with Crippen LogP contribution in [-0.2, 0) is 11.2 Å². The molecule has 0 radical (unpaired) electrons. The molecule has 5 nitrogen and oxygen atoms in total. The number of anilines is 2. The largest absolute Gasteiger partial charge is 0.493 e. The van der Waals surface area contributed by atoms with Gasteiger partial charge in [0, 0.05) is 29.5 Å². The van der Waals surface area contributed by atoms with Crippen molar-refractivity contribution in [3.63, 3.8) is 0 Å². The first-order chi connectivity index (χ1) is 17.8. The minimum Gasteiger partial charge on any atom is -0.493 e. The maximum atomic E-state index is 13.7. The molecular weight excluding hydrogens is 484 g/mol. The molecule has 0 saturated carbocycles. The number of amides is 1. The summed E-state index contributed by atoms with van der Waals surface area (Å²) in [6, 6.07) is 20.1. The number of nitrogens with zero attached hydrogens (tertiary/aromatic N) is 2. The van der Waals surface area contributed by atoms with Crippen molar-refractivity contribution in [1.82, 2.24) is 0 Å². The van der Waals surface area contributed by atoms with Crippen molar-refractivity contribution in [2.45, 2.75) is 65.1 Å². The molecule has 0 aromatic heterocycles. The van der Waals surface area contributed by atoms with Crippen molar-refractivity contribution in [2.75, 3.05) is 24.0 Å². The van der Waals surface area contributed by atoms with Crippen LogP contribution in [0.25, 0.3) is 0 Å². The van der Waals surface area contributed by atoms with E-state index in [0.717, 1.165) is 40.9 Å². The average Bonchev–Trinajstić information content (AvgIpc) is 2.92. The number of halogens is 1. The molecule has 4 rings (SSSR count). The summed E-state index contributed by atoms with van der Waals surface area (Å²) in [6.07, 6.45) is 2.26. The highest BCUT2D eigenvalue weighted by Crippen LogP contribution is 2.44. The topological polar surface area (TPSA) is 42.0 Å². The first kappa shape index (κ1) is 26.9. The first-order valence-electron chi connectivity index (χ1n) is 13.0. The van der Waals surface area contributed by atoms with Gasteiger partial charge in [-0.15, -0.1) is 0 Å². The molecule has 1 heterocycles. The molecule has 1 amide bonds. The Balaban J connectivity index is 1.83. The van der Waals surface area contributed by atoms with E-state index >= 15 is 0 Å². The van der Waals surface area contributed by atoms with E-state index in [4.69, 9.17) is 21.1 Å². The minimum absolute atomic E-state index is 0.0353. The van der Waals surface area contributed by atoms with Gasteiger partial charge in [-0.25, -0.2) is 0 Å². The minimum atomic E-state index is -0.322. The summed E-state index contributed by atoms with van der Waals surface area (Å²) in [5, 5.41) is 0.658. The van der Waals surface area contributed by atoms with Gasteiger partial charge in [0.2, 0.25) is 5.91 Å². The fraction of sp³-hybridized carbons (Fsp3) is 0.387. The van der Waals surface area contributed by atoms with E-state index in [2.05, 4.69) is 44.9 Å². The second kappa shape index (κ2) is 11.5. The Morgan fingerprint density at radius 3 is 2.27 bits per heavy atom. The highest BCUT2D eigenvalue weighted by atomic mass is 35.5. The summed E-state index contributed by atoms with van der Waals surface area (Å²) < 4.78 is 11.9. The molecule has 196 valence electrons. The number of methoxy groups -OCH3 is 1. The van der Waals surface area contributed by atoms with Crippen molar-refractivity contribution >= 4 is 28.9 Å². The molecule has 3 aromatic rings. The predicted molar refractivity (Wildman–Crippen MR) is 152 cm³/mol. The van der Waals surface area contributed by atoms with Crippen molar-refractivity contribution < 1.29 is 14.3 Å². The average molecular weight is 521 g/mol. The molecule has 3 aromatic carbocycles. The summed E-state index contributed by atoms with van der Waals surface area (Å²) >= 11 is 6.23. The van der Waals surface area contributed by atoms with Crippen LogP contribution in [0.1, 0.15) is 63.3 Å². The molecule has 6 heteroatoms. The zero-order chi connectivity index (χ0) is 26.7. The van der Waals surface area contributed by atoms with E-state index in [-0.39, 0.29) is 24.5 Å². The van der Waals surface area contributed by atoms with Crippen LogP contribution < -0.4 is 19.3 Å². The lowest BCUT2D eigenvalue weighted by atomic mass is 9.86. The summed E-state index contributed by atoms with van der Waals surface area (Å²) in [7, 11) is 3.74. The predicted octanol–water partition coefficient (Wildman–Crippen LogP) is 7.44. The van der Waals surface area contributed by atoms with Crippen LogP contribution in [0.15, 0.2) is 60.7 Å². The van der Waals surface area contributed by atoms with E-state index in [9.17, 15) is 4.79 Å². The Labute approximate surface area is 225 Å². The quantitative estimate of drug-likeness (QED) is 0.294. The second-order valence-electron chi connectivity index (χ2n) is 9.82. The van der Waals surface area contributed by atoms with Crippen LogP contribution in [0.3, 0.4) is 0 Å². The van der Waals surface area contributed by atoms with Crippen molar-refractivity contribution in [3.05, 3.63) is 82.4 Å². The third-order valence-corrected chi connectivity index (χ3v) is 7.72. The first-order valence-corrected chi connectivity index (χ1v) is 13.4. The smallest absolute Gasteiger partial charge is 0.232 e. The van der Waals surface area contributed by atoms with Gasteiger partial charge < -0.3 is 19.3 Å². The van der Waals surface area contributed by atoms with E-state index in [1.54, 1.807) is 7.11 Å². The van der Waals surface area contributed by atoms with Gasteiger partial charge in [0.25, 0.3) is 0 Å². The monoisotopic (exact) mass is 520 g/mol. The number of benzene rings is 3. The van der Waals surface area contributed by atoms with Crippen molar-refractivity contribution in [2.24, 2.45) is 0 Å². The Bertz CT molecular complexity index is 1230. The number of carbonyl (C=O) groups is 1. The summed E-state index contributed by atoms with van der Waals surface area (Å²) in [6.45, 7) is 8.53. The zero-order valence-electron chi connectivity index (χ0n) is 22.6. The van der Waals surface area contributed by atoms with Gasteiger partial charge in [-0.1, -0.05) is 37.6 Å². The molecule has 3 atom stereocenters. The number of fused-ring (bicyclic) bond motifs is 1. The molecule has 0 aliphatic carbocycles. The van der Waals surface area contributed by atoms with Gasteiger partial charge in [0.05, 0.1) is 25.7 Å². The third-order valence-electron chi connectivity index (χ3n) is 7.46. The lowest BCUT2D eigenvalue weighted by Crippen LogP contribution is -2.41. The van der Waals surface area contributed by atoms with E-state index in [1.807, 2.05) is 60.4 Å². The van der Waals surface area contributed by atoms with E-state index in [1.165, 1.54) is 0 Å². The fourth-order valence-corrected chi connectivity index (χ4v) is 4.88.